The zero-order valence-corrected chi connectivity index (χ0v) is 16.7. The summed E-state index contributed by atoms with van der Waals surface area (Å²) in [6.45, 7) is 4.55. The monoisotopic (exact) mass is 396 g/mol. The maximum Gasteiger partial charge on any atom is 0.257 e. The smallest absolute Gasteiger partial charge is 0.257 e. The number of fused-ring (bicyclic) bond motifs is 1. The van der Waals surface area contributed by atoms with Crippen LogP contribution in [0.15, 0.2) is 32.7 Å². The Hall–Kier alpha value is -1.54. The van der Waals surface area contributed by atoms with Crippen molar-refractivity contribution in [1.82, 2.24) is 9.88 Å². The number of aromatic nitrogens is 1. The second-order valence-corrected chi connectivity index (χ2v) is 9.65. The highest BCUT2D eigenvalue weighted by Crippen LogP contribution is 2.27. The number of benzene rings is 1. The van der Waals surface area contributed by atoms with Crippen LogP contribution >= 0.6 is 11.8 Å². The SMILES string of the molecule is CCC1CCCCN1C(=O)CSc1nc2cc(S(=O)(=O)CC)ccc2o1. The van der Waals surface area contributed by atoms with Crippen molar-refractivity contribution in [1.29, 1.82) is 0 Å². The third kappa shape index (κ3) is 4.06. The van der Waals surface area contributed by atoms with Gasteiger partial charge in [0.05, 0.1) is 16.4 Å². The summed E-state index contributed by atoms with van der Waals surface area (Å²) < 4.78 is 29.6. The predicted octanol–water partition coefficient (Wildman–Crippen LogP) is 3.50. The van der Waals surface area contributed by atoms with E-state index in [0.29, 0.717) is 22.4 Å². The second-order valence-electron chi connectivity index (χ2n) is 6.45. The topological polar surface area (TPSA) is 80.5 Å². The predicted molar refractivity (Wildman–Crippen MR) is 102 cm³/mol. The summed E-state index contributed by atoms with van der Waals surface area (Å²) in [6, 6.07) is 5.02. The van der Waals surface area contributed by atoms with E-state index in [1.165, 1.54) is 30.3 Å². The summed E-state index contributed by atoms with van der Waals surface area (Å²) in [5.74, 6) is 0.433. The maximum atomic E-state index is 12.5. The molecule has 0 N–H and O–H groups in total. The van der Waals surface area contributed by atoms with Crippen molar-refractivity contribution in [3.05, 3.63) is 18.2 Å². The van der Waals surface area contributed by atoms with E-state index in [0.717, 1.165) is 25.8 Å². The average Bonchev–Trinajstić information content (AvgIpc) is 3.08. The number of carbonyl (C=O) groups excluding carboxylic acids is 1. The number of carbonyl (C=O) groups is 1. The Labute approximate surface area is 158 Å². The van der Waals surface area contributed by atoms with E-state index in [1.54, 1.807) is 13.0 Å². The van der Waals surface area contributed by atoms with E-state index < -0.39 is 9.84 Å². The quantitative estimate of drug-likeness (QED) is 0.695. The molecule has 6 nitrogen and oxygen atoms in total. The zero-order chi connectivity index (χ0) is 18.7. The van der Waals surface area contributed by atoms with Gasteiger partial charge in [-0.05, 0) is 43.9 Å². The summed E-state index contributed by atoms with van der Waals surface area (Å²) in [5.41, 5.74) is 1.03. The van der Waals surface area contributed by atoms with Crippen LogP contribution in [0.2, 0.25) is 0 Å². The lowest BCUT2D eigenvalue weighted by molar-refractivity contribution is -0.132. The van der Waals surface area contributed by atoms with Gasteiger partial charge >= 0.3 is 0 Å². The fourth-order valence-corrected chi connectivity index (χ4v) is 4.89. The highest BCUT2D eigenvalue weighted by molar-refractivity contribution is 7.99. The van der Waals surface area contributed by atoms with Crippen molar-refractivity contribution in [3.8, 4) is 0 Å². The van der Waals surface area contributed by atoms with Gasteiger partial charge in [0.15, 0.2) is 15.4 Å². The number of oxazole rings is 1. The van der Waals surface area contributed by atoms with Crippen molar-refractivity contribution in [2.45, 2.75) is 55.7 Å². The Balaban J connectivity index is 1.70. The molecule has 0 saturated carbocycles. The van der Waals surface area contributed by atoms with Crippen LogP contribution in [0.4, 0.5) is 0 Å². The van der Waals surface area contributed by atoms with Crippen molar-refractivity contribution < 1.29 is 17.6 Å². The minimum atomic E-state index is -3.28. The molecule has 1 fully saturated rings. The lowest BCUT2D eigenvalue weighted by Crippen LogP contribution is -2.44. The third-order valence-electron chi connectivity index (χ3n) is 4.82. The van der Waals surface area contributed by atoms with Crippen LogP contribution in [0, 0.1) is 0 Å². The van der Waals surface area contributed by atoms with Crippen molar-refractivity contribution >= 4 is 38.6 Å². The van der Waals surface area contributed by atoms with Gasteiger partial charge in [0, 0.05) is 12.6 Å². The highest BCUT2D eigenvalue weighted by atomic mass is 32.2. The molecule has 0 aliphatic carbocycles. The molecule has 1 unspecified atom stereocenters. The van der Waals surface area contributed by atoms with Gasteiger partial charge in [-0.3, -0.25) is 4.79 Å². The minimum absolute atomic E-state index is 0.0426. The lowest BCUT2D eigenvalue weighted by Gasteiger charge is -2.35. The standard InChI is InChI=1S/C18H24N2O4S2/c1-3-13-7-5-6-10-20(13)17(21)12-25-18-19-15-11-14(26(22,23)4-2)8-9-16(15)24-18/h8-9,11,13H,3-7,10,12H2,1-2H3. The Morgan fingerprint density at radius 3 is 2.88 bits per heavy atom. The van der Waals surface area contributed by atoms with Gasteiger partial charge in [0.1, 0.15) is 5.52 Å². The number of thioether (sulfide) groups is 1. The fraction of sp³-hybridized carbons (Fsp3) is 0.556. The first-order chi connectivity index (χ1) is 12.4. The molecule has 0 bridgehead atoms. The van der Waals surface area contributed by atoms with Crippen molar-refractivity contribution in [2.24, 2.45) is 0 Å². The molecule has 1 amide bonds. The van der Waals surface area contributed by atoms with Crippen LogP contribution in [0.3, 0.4) is 0 Å². The Morgan fingerprint density at radius 1 is 1.35 bits per heavy atom. The second kappa shape index (κ2) is 8.00. The van der Waals surface area contributed by atoms with Crippen LogP contribution in [-0.4, -0.2) is 48.3 Å². The number of hydrogen-bond donors (Lipinski definition) is 0. The van der Waals surface area contributed by atoms with E-state index in [1.807, 2.05) is 4.90 Å². The summed E-state index contributed by atoms with van der Waals surface area (Å²) in [7, 11) is -3.28. The van der Waals surface area contributed by atoms with E-state index in [2.05, 4.69) is 11.9 Å². The molecule has 1 aromatic carbocycles. The number of likely N-dealkylation sites (tertiary alicyclic amines) is 1. The number of sulfone groups is 1. The molecule has 1 atom stereocenters. The van der Waals surface area contributed by atoms with Gasteiger partial charge < -0.3 is 9.32 Å². The van der Waals surface area contributed by atoms with E-state index in [4.69, 9.17) is 4.42 Å². The van der Waals surface area contributed by atoms with Crippen LogP contribution < -0.4 is 0 Å². The van der Waals surface area contributed by atoms with E-state index >= 15 is 0 Å². The number of amides is 1. The summed E-state index contributed by atoms with van der Waals surface area (Å²) >= 11 is 1.26. The van der Waals surface area contributed by atoms with Crippen LogP contribution in [-0.2, 0) is 14.6 Å². The fourth-order valence-electron chi connectivity index (χ4n) is 3.27. The molecule has 142 valence electrons. The van der Waals surface area contributed by atoms with Crippen LogP contribution in [0.5, 0.6) is 0 Å². The number of nitrogens with zero attached hydrogens (tertiary/aromatic N) is 2. The molecule has 26 heavy (non-hydrogen) atoms. The first kappa shape index (κ1) is 19.2. The number of rotatable bonds is 6. The first-order valence-corrected chi connectivity index (χ1v) is 11.6. The largest absolute Gasteiger partial charge is 0.431 e. The van der Waals surface area contributed by atoms with Gasteiger partial charge in [-0.1, -0.05) is 25.6 Å². The van der Waals surface area contributed by atoms with Gasteiger partial charge in [-0.2, -0.15) is 0 Å². The van der Waals surface area contributed by atoms with Gasteiger partial charge in [0.2, 0.25) is 5.91 Å². The molecule has 0 radical (unpaired) electrons. The van der Waals surface area contributed by atoms with E-state index in [9.17, 15) is 13.2 Å². The van der Waals surface area contributed by atoms with Crippen molar-refractivity contribution in [3.63, 3.8) is 0 Å². The zero-order valence-electron chi connectivity index (χ0n) is 15.1. The Bertz CT molecular complexity index is 892. The minimum Gasteiger partial charge on any atom is -0.431 e. The molecule has 2 aromatic rings. The molecule has 1 saturated heterocycles. The first-order valence-electron chi connectivity index (χ1n) is 9.00. The molecule has 1 aliphatic rings. The lowest BCUT2D eigenvalue weighted by atomic mass is 10.0. The number of piperidine rings is 1. The summed E-state index contributed by atoms with van der Waals surface area (Å²) in [5, 5.41) is 0.393. The molecule has 2 heterocycles. The average molecular weight is 397 g/mol. The van der Waals surface area contributed by atoms with Crippen LogP contribution in [0.25, 0.3) is 11.1 Å². The molecule has 8 heteroatoms. The molecular formula is C18H24N2O4S2. The number of hydrogen-bond acceptors (Lipinski definition) is 6. The summed E-state index contributed by atoms with van der Waals surface area (Å²) in [4.78, 5) is 19.1. The van der Waals surface area contributed by atoms with Gasteiger partial charge in [0.25, 0.3) is 5.22 Å². The Kier molecular flexibility index (Phi) is 5.92. The molecule has 1 aliphatic heterocycles. The van der Waals surface area contributed by atoms with Gasteiger partial charge in [-0.15, -0.1) is 0 Å². The molecule has 0 spiro atoms. The van der Waals surface area contributed by atoms with Crippen LogP contribution in [0.1, 0.15) is 39.5 Å². The molecule has 3 rings (SSSR count). The normalized spacial score (nSPS) is 18.4. The molecular weight excluding hydrogens is 372 g/mol. The molecule has 1 aromatic heterocycles. The van der Waals surface area contributed by atoms with Crippen molar-refractivity contribution in [2.75, 3.05) is 18.1 Å². The Morgan fingerprint density at radius 2 is 2.15 bits per heavy atom. The van der Waals surface area contributed by atoms with E-state index in [-0.39, 0.29) is 22.3 Å². The summed E-state index contributed by atoms with van der Waals surface area (Å²) in [6.07, 6.45) is 4.30. The maximum absolute atomic E-state index is 12.5. The highest BCUT2D eigenvalue weighted by Gasteiger charge is 2.25. The third-order valence-corrected chi connectivity index (χ3v) is 7.36. The van der Waals surface area contributed by atoms with Gasteiger partial charge in [-0.25, -0.2) is 13.4 Å².